The van der Waals surface area contributed by atoms with Crippen LogP contribution in [-0.4, -0.2) is 55.2 Å². The van der Waals surface area contributed by atoms with Gasteiger partial charge in [0.05, 0.1) is 6.61 Å². The van der Waals surface area contributed by atoms with Gasteiger partial charge in [-0.3, -0.25) is 4.90 Å². The van der Waals surface area contributed by atoms with Gasteiger partial charge in [-0.1, -0.05) is 12.2 Å². The van der Waals surface area contributed by atoms with E-state index in [4.69, 9.17) is 4.74 Å². The van der Waals surface area contributed by atoms with Gasteiger partial charge in [-0.15, -0.1) is 0 Å². The molecule has 1 saturated heterocycles. The number of carbonyl (C=O) groups excluding carboxylic acids is 1. The molecule has 106 valence electrons. The number of piperazine rings is 1. The Morgan fingerprint density at radius 1 is 1.21 bits per heavy atom. The van der Waals surface area contributed by atoms with E-state index >= 15 is 0 Å². The SMILES string of the molecule is CCOC(=O)N1CCN(C[C@@H]2C[C@@H]3C=C[C@@H]2C3)CC1. The summed E-state index contributed by atoms with van der Waals surface area (Å²) < 4.78 is 5.05. The molecule has 0 radical (unpaired) electrons. The molecule has 0 aromatic heterocycles. The molecule has 2 fully saturated rings. The van der Waals surface area contributed by atoms with Crippen molar-refractivity contribution in [1.29, 1.82) is 0 Å². The van der Waals surface area contributed by atoms with Crippen molar-refractivity contribution in [2.45, 2.75) is 19.8 Å². The maximum atomic E-state index is 11.6. The van der Waals surface area contributed by atoms with E-state index in [9.17, 15) is 4.79 Å². The second-order valence-corrected chi connectivity index (χ2v) is 6.03. The molecule has 1 saturated carbocycles. The average Bonchev–Trinajstić information content (AvgIpc) is 3.02. The molecule has 0 aromatic rings. The van der Waals surface area contributed by atoms with E-state index in [0.717, 1.165) is 43.9 Å². The fourth-order valence-corrected chi connectivity index (χ4v) is 3.76. The monoisotopic (exact) mass is 264 g/mol. The zero-order chi connectivity index (χ0) is 13.2. The average molecular weight is 264 g/mol. The van der Waals surface area contributed by atoms with Crippen LogP contribution in [0.5, 0.6) is 0 Å². The van der Waals surface area contributed by atoms with E-state index in [1.807, 2.05) is 11.8 Å². The molecule has 4 heteroatoms. The first-order valence-corrected chi connectivity index (χ1v) is 7.58. The van der Waals surface area contributed by atoms with Crippen molar-refractivity contribution < 1.29 is 9.53 Å². The number of rotatable bonds is 3. The molecule has 0 unspecified atom stereocenters. The van der Waals surface area contributed by atoms with E-state index in [1.54, 1.807) is 0 Å². The fourth-order valence-electron chi connectivity index (χ4n) is 3.76. The molecule has 3 atom stereocenters. The quantitative estimate of drug-likeness (QED) is 0.731. The molecule has 1 amide bonds. The third-order valence-corrected chi connectivity index (χ3v) is 4.81. The minimum Gasteiger partial charge on any atom is -0.450 e. The summed E-state index contributed by atoms with van der Waals surface area (Å²) in [6.45, 7) is 7.16. The molecule has 19 heavy (non-hydrogen) atoms. The molecule has 0 N–H and O–H groups in total. The topological polar surface area (TPSA) is 32.8 Å². The van der Waals surface area contributed by atoms with Crippen molar-refractivity contribution in [3.63, 3.8) is 0 Å². The number of hydrogen-bond donors (Lipinski definition) is 0. The number of ether oxygens (including phenoxy) is 1. The smallest absolute Gasteiger partial charge is 0.409 e. The molecule has 2 bridgehead atoms. The van der Waals surface area contributed by atoms with Gasteiger partial charge in [-0.25, -0.2) is 4.79 Å². The number of fused-ring (bicyclic) bond motifs is 2. The first kappa shape index (κ1) is 13.0. The summed E-state index contributed by atoms with van der Waals surface area (Å²) in [5.41, 5.74) is 0. The number of hydrogen-bond acceptors (Lipinski definition) is 3. The van der Waals surface area contributed by atoms with Crippen molar-refractivity contribution in [2.24, 2.45) is 17.8 Å². The summed E-state index contributed by atoms with van der Waals surface area (Å²) in [5, 5.41) is 0. The third kappa shape index (κ3) is 2.78. The molecule has 3 rings (SSSR count). The van der Waals surface area contributed by atoms with Gasteiger partial charge >= 0.3 is 6.09 Å². The zero-order valence-corrected chi connectivity index (χ0v) is 11.8. The number of nitrogens with zero attached hydrogens (tertiary/aromatic N) is 2. The van der Waals surface area contributed by atoms with Gasteiger partial charge in [0.15, 0.2) is 0 Å². The third-order valence-electron chi connectivity index (χ3n) is 4.81. The van der Waals surface area contributed by atoms with Crippen LogP contribution in [0.4, 0.5) is 4.79 Å². The predicted octanol–water partition coefficient (Wildman–Crippen LogP) is 1.97. The van der Waals surface area contributed by atoms with E-state index < -0.39 is 0 Å². The van der Waals surface area contributed by atoms with Crippen LogP contribution >= 0.6 is 0 Å². The Hall–Kier alpha value is -1.03. The highest BCUT2D eigenvalue weighted by atomic mass is 16.6. The van der Waals surface area contributed by atoms with Crippen LogP contribution in [0, 0.1) is 17.8 Å². The van der Waals surface area contributed by atoms with Gasteiger partial charge in [0.1, 0.15) is 0 Å². The maximum Gasteiger partial charge on any atom is 0.409 e. The largest absolute Gasteiger partial charge is 0.450 e. The Bertz CT molecular complexity index is 361. The van der Waals surface area contributed by atoms with Gasteiger partial charge in [0, 0.05) is 32.7 Å². The minimum atomic E-state index is -0.148. The molecular weight excluding hydrogens is 240 g/mol. The Morgan fingerprint density at radius 2 is 2.00 bits per heavy atom. The van der Waals surface area contributed by atoms with E-state index in [0.29, 0.717) is 6.61 Å². The van der Waals surface area contributed by atoms with Crippen LogP contribution in [0.3, 0.4) is 0 Å². The lowest BCUT2D eigenvalue weighted by Crippen LogP contribution is -2.50. The predicted molar refractivity (Wildman–Crippen MR) is 73.9 cm³/mol. The Labute approximate surface area is 115 Å². The number of carbonyl (C=O) groups is 1. The van der Waals surface area contributed by atoms with Crippen LogP contribution in [0.25, 0.3) is 0 Å². The Balaban J connectivity index is 1.43. The lowest BCUT2D eigenvalue weighted by molar-refractivity contribution is 0.0738. The molecule has 0 spiro atoms. The van der Waals surface area contributed by atoms with Gasteiger partial charge in [-0.05, 0) is 37.5 Å². The van der Waals surface area contributed by atoms with Crippen LogP contribution in [0.1, 0.15) is 19.8 Å². The summed E-state index contributed by atoms with van der Waals surface area (Å²) in [4.78, 5) is 16.0. The molecule has 1 aliphatic heterocycles. The molecule has 3 aliphatic rings. The van der Waals surface area contributed by atoms with E-state index in [2.05, 4.69) is 17.1 Å². The van der Waals surface area contributed by atoms with Gasteiger partial charge in [0.25, 0.3) is 0 Å². The molecule has 4 nitrogen and oxygen atoms in total. The second-order valence-electron chi connectivity index (χ2n) is 6.03. The number of amides is 1. The normalized spacial score (nSPS) is 33.9. The van der Waals surface area contributed by atoms with Gasteiger partial charge in [0.2, 0.25) is 0 Å². The highest BCUT2D eigenvalue weighted by Crippen LogP contribution is 2.43. The van der Waals surface area contributed by atoms with Crippen LogP contribution < -0.4 is 0 Å². The molecule has 0 aromatic carbocycles. The lowest BCUT2D eigenvalue weighted by atomic mass is 9.93. The molecular formula is C15H24N2O2. The molecule has 1 heterocycles. The summed E-state index contributed by atoms with van der Waals surface area (Å²) >= 11 is 0. The van der Waals surface area contributed by atoms with Crippen molar-refractivity contribution in [3.8, 4) is 0 Å². The highest BCUT2D eigenvalue weighted by Gasteiger charge is 2.36. The van der Waals surface area contributed by atoms with Gasteiger partial charge in [-0.2, -0.15) is 0 Å². The Kier molecular flexibility index (Phi) is 3.78. The van der Waals surface area contributed by atoms with Crippen LogP contribution in [0.2, 0.25) is 0 Å². The second kappa shape index (κ2) is 5.53. The summed E-state index contributed by atoms with van der Waals surface area (Å²) in [5.74, 6) is 2.54. The van der Waals surface area contributed by atoms with Gasteiger partial charge < -0.3 is 9.64 Å². The summed E-state index contributed by atoms with van der Waals surface area (Å²) in [6, 6.07) is 0. The van der Waals surface area contributed by atoms with Crippen LogP contribution in [-0.2, 0) is 4.74 Å². The van der Waals surface area contributed by atoms with Crippen molar-refractivity contribution in [3.05, 3.63) is 12.2 Å². The fraction of sp³-hybridized carbons (Fsp3) is 0.800. The first-order valence-electron chi connectivity index (χ1n) is 7.58. The van der Waals surface area contributed by atoms with E-state index in [-0.39, 0.29) is 6.09 Å². The summed E-state index contributed by atoms with van der Waals surface area (Å²) in [7, 11) is 0. The van der Waals surface area contributed by atoms with Crippen molar-refractivity contribution >= 4 is 6.09 Å². The van der Waals surface area contributed by atoms with Crippen molar-refractivity contribution in [1.82, 2.24) is 9.80 Å². The Morgan fingerprint density at radius 3 is 2.58 bits per heavy atom. The highest BCUT2D eigenvalue weighted by molar-refractivity contribution is 5.67. The van der Waals surface area contributed by atoms with Crippen LogP contribution in [0.15, 0.2) is 12.2 Å². The van der Waals surface area contributed by atoms with E-state index in [1.165, 1.54) is 19.4 Å². The number of allylic oxidation sites excluding steroid dienone is 2. The summed E-state index contributed by atoms with van der Waals surface area (Å²) in [6.07, 6.45) is 7.44. The van der Waals surface area contributed by atoms with Crippen molar-refractivity contribution in [2.75, 3.05) is 39.3 Å². The first-order chi connectivity index (χ1) is 9.26. The lowest BCUT2D eigenvalue weighted by Gasteiger charge is -2.36. The standard InChI is InChI=1S/C15H24N2O2/c1-2-19-15(18)17-7-5-16(6-8-17)11-14-10-12-3-4-13(14)9-12/h3-4,12-14H,2,5-11H2,1H3/t12-,13-,14+/m1/s1. The zero-order valence-electron chi connectivity index (χ0n) is 11.8. The molecule has 2 aliphatic carbocycles. The maximum absolute atomic E-state index is 11.6. The minimum absolute atomic E-state index is 0.148.